The maximum atomic E-state index is 5.59. The molecule has 0 radical (unpaired) electrons. The number of nitrogen functional groups attached to an aromatic ring is 1. The van der Waals surface area contributed by atoms with Crippen LogP contribution in [0.4, 0.5) is 17.5 Å². The number of halogens is 2. The number of nitrogens with two attached hydrogens (primary N) is 1. The van der Waals surface area contributed by atoms with Crippen LogP contribution in [0, 0.1) is 10.5 Å². The fourth-order valence-corrected chi connectivity index (χ4v) is 2.09. The standard InChI is InChI=1S/C11H10BrIN4/c1-6-4-10(17-11(14)15-6)16-7-2-3-9(13)8(12)5-7/h2-5H,1H3,(H3,14,15,16,17). The summed E-state index contributed by atoms with van der Waals surface area (Å²) in [7, 11) is 0. The number of nitrogens with zero attached hydrogens (tertiary/aromatic N) is 2. The van der Waals surface area contributed by atoms with Gasteiger partial charge in [0.2, 0.25) is 5.95 Å². The lowest BCUT2D eigenvalue weighted by Gasteiger charge is -2.08. The fraction of sp³-hybridized carbons (Fsp3) is 0.0909. The summed E-state index contributed by atoms with van der Waals surface area (Å²) in [5.41, 5.74) is 7.39. The van der Waals surface area contributed by atoms with Gasteiger partial charge in [-0.15, -0.1) is 0 Å². The molecule has 0 atom stereocenters. The number of hydrogen-bond donors (Lipinski definition) is 2. The quantitative estimate of drug-likeness (QED) is 0.752. The van der Waals surface area contributed by atoms with E-state index in [1.165, 1.54) is 0 Å². The molecular formula is C11H10BrIN4. The Balaban J connectivity index is 2.28. The topological polar surface area (TPSA) is 63.8 Å². The zero-order chi connectivity index (χ0) is 12.4. The zero-order valence-electron chi connectivity index (χ0n) is 9.04. The summed E-state index contributed by atoms with van der Waals surface area (Å²) < 4.78 is 2.20. The van der Waals surface area contributed by atoms with Crippen molar-refractivity contribution in [3.63, 3.8) is 0 Å². The van der Waals surface area contributed by atoms with Gasteiger partial charge in [0.25, 0.3) is 0 Å². The van der Waals surface area contributed by atoms with Gasteiger partial charge >= 0.3 is 0 Å². The van der Waals surface area contributed by atoms with Crippen molar-refractivity contribution in [2.24, 2.45) is 0 Å². The van der Waals surface area contributed by atoms with Crippen molar-refractivity contribution >= 4 is 56.0 Å². The van der Waals surface area contributed by atoms with Crippen LogP contribution < -0.4 is 11.1 Å². The highest BCUT2D eigenvalue weighted by atomic mass is 127. The molecule has 0 unspecified atom stereocenters. The maximum absolute atomic E-state index is 5.59. The number of anilines is 3. The molecule has 88 valence electrons. The molecule has 2 aromatic rings. The lowest BCUT2D eigenvalue weighted by Crippen LogP contribution is -2.01. The SMILES string of the molecule is Cc1cc(Nc2ccc(I)c(Br)c2)nc(N)n1. The van der Waals surface area contributed by atoms with Crippen LogP contribution >= 0.6 is 38.5 Å². The van der Waals surface area contributed by atoms with Gasteiger partial charge < -0.3 is 11.1 Å². The van der Waals surface area contributed by atoms with E-state index in [1.807, 2.05) is 31.2 Å². The van der Waals surface area contributed by atoms with E-state index in [4.69, 9.17) is 5.73 Å². The average molecular weight is 405 g/mol. The Labute approximate surface area is 121 Å². The van der Waals surface area contributed by atoms with Crippen molar-refractivity contribution in [3.05, 3.63) is 38.0 Å². The van der Waals surface area contributed by atoms with Gasteiger partial charge in [0.15, 0.2) is 0 Å². The van der Waals surface area contributed by atoms with Crippen LogP contribution in [0.5, 0.6) is 0 Å². The smallest absolute Gasteiger partial charge is 0.222 e. The molecule has 0 fully saturated rings. The van der Waals surface area contributed by atoms with Crippen LogP contribution in [0.3, 0.4) is 0 Å². The monoisotopic (exact) mass is 404 g/mol. The summed E-state index contributed by atoms with van der Waals surface area (Å²) in [5.74, 6) is 0.972. The van der Waals surface area contributed by atoms with Gasteiger partial charge in [0.1, 0.15) is 5.82 Å². The third-order valence-electron chi connectivity index (χ3n) is 2.06. The molecule has 0 saturated carbocycles. The molecule has 0 bridgehead atoms. The van der Waals surface area contributed by atoms with E-state index >= 15 is 0 Å². The predicted molar refractivity (Wildman–Crippen MR) is 81.3 cm³/mol. The van der Waals surface area contributed by atoms with E-state index in [0.29, 0.717) is 5.82 Å². The number of aryl methyl sites for hydroxylation is 1. The first-order valence-corrected chi connectivity index (χ1v) is 6.75. The van der Waals surface area contributed by atoms with Gasteiger partial charge in [0.05, 0.1) is 0 Å². The van der Waals surface area contributed by atoms with Crippen molar-refractivity contribution < 1.29 is 0 Å². The Hall–Kier alpha value is -0.890. The summed E-state index contributed by atoms with van der Waals surface area (Å²) in [5, 5.41) is 3.19. The van der Waals surface area contributed by atoms with Crippen LogP contribution in [0.15, 0.2) is 28.7 Å². The minimum Gasteiger partial charge on any atom is -0.368 e. The summed E-state index contributed by atoms with van der Waals surface area (Å²) in [6, 6.07) is 7.85. The fourth-order valence-electron chi connectivity index (χ4n) is 1.38. The number of hydrogen-bond acceptors (Lipinski definition) is 4. The van der Waals surface area contributed by atoms with E-state index in [-0.39, 0.29) is 5.95 Å². The number of aromatic nitrogens is 2. The lowest BCUT2D eigenvalue weighted by molar-refractivity contribution is 1.12. The average Bonchev–Trinajstić information content (AvgIpc) is 2.22. The Morgan fingerprint density at radius 3 is 2.71 bits per heavy atom. The molecule has 1 heterocycles. The molecule has 0 spiro atoms. The highest BCUT2D eigenvalue weighted by Crippen LogP contribution is 2.24. The minimum absolute atomic E-state index is 0.275. The maximum Gasteiger partial charge on any atom is 0.222 e. The third kappa shape index (κ3) is 3.29. The summed E-state index contributed by atoms with van der Waals surface area (Å²) >= 11 is 5.75. The molecule has 0 amide bonds. The molecule has 0 saturated heterocycles. The Morgan fingerprint density at radius 2 is 2.06 bits per heavy atom. The molecule has 6 heteroatoms. The second kappa shape index (κ2) is 5.18. The number of benzene rings is 1. The summed E-state index contributed by atoms with van der Waals surface area (Å²) in [6.07, 6.45) is 0. The highest BCUT2D eigenvalue weighted by molar-refractivity contribution is 14.1. The van der Waals surface area contributed by atoms with Crippen LogP contribution in [-0.4, -0.2) is 9.97 Å². The van der Waals surface area contributed by atoms with Crippen molar-refractivity contribution in [1.29, 1.82) is 0 Å². The lowest BCUT2D eigenvalue weighted by atomic mass is 10.3. The first-order chi connectivity index (χ1) is 8.04. The second-order valence-electron chi connectivity index (χ2n) is 3.51. The molecule has 0 aliphatic heterocycles. The van der Waals surface area contributed by atoms with Gasteiger partial charge in [0, 0.05) is 25.5 Å². The molecule has 0 aliphatic carbocycles. The van der Waals surface area contributed by atoms with E-state index in [2.05, 4.69) is 53.8 Å². The van der Waals surface area contributed by atoms with E-state index in [0.717, 1.165) is 19.4 Å². The van der Waals surface area contributed by atoms with Crippen molar-refractivity contribution in [2.45, 2.75) is 6.92 Å². The van der Waals surface area contributed by atoms with Crippen molar-refractivity contribution in [1.82, 2.24) is 9.97 Å². The number of nitrogens with one attached hydrogen (secondary N) is 1. The third-order valence-corrected chi connectivity index (χ3v) is 4.40. The van der Waals surface area contributed by atoms with E-state index < -0.39 is 0 Å². The molecule has 0 aliphatic rings. The molecule has 1 aromatic heterocycles. The Kier molecular flexibility index (Phi) is 3.82. The molecule has 2 rings (SSSR count). The van der Waals surface area contributed by atoms with Crippen molar-refractivity contribution in [3.8, 4) is 0 Å². The van der Waals surface area contributed by atoms with E-state index in [1.54, 1.807) is 0 Å². The molecular weight excluding hydrogens is 395 g/mol. The van der Waals surface area contributed by atoms with Crippen LogP contribution in [-0.2, 0) is 0 Å². The second-order valence-corrected chi connectivity index (χ2v) is 5.52. The van der Waals surface area contributed by atoms with Gasteiger partial charge in [-0.05, 0) is 63.6 Å². The Bertz CT molecular complexity index is 539. The Morgan fingerprint density at radius 1 is 1.29 bits per heavy atom. The minimum atomic E-state index is 0.275. The molecule has 17 heavy (non-hydrogen) atoms. The van der Waals surface area contributed by atoms with Crippen LogP contribution in [0.2, 0.25) is 0 Å². The zero-order valence-corrected chi connectivity index (χ0v) is 12.8. The largest absolute Gasteiger partial charge is 0.368 e. The molecule has 4 nitrogen and oxygen atoms in total. The van der Waals surface area contributed by atoms with Crippen molar-refractivity contribution in [2.75, 3.05) is 11.1 Å². The highest BCUT2D eigenvalue weighted by Gasteiger charge is 2.02. The van der Waals surface area contributed by atoms with Gasteiger partial charge in [-0.25, -0.2) is 4.98 Å². The first kappa shape index (κ1) is 12.6. The molecule has 1 aromatic carbocycles. The van der Waals surface area contributed by atoms with Crippen LogP contribution in [0.1, 0.15) is 5.69 Å². The summed E-state index contributed by atoms with van der Waals surface area (Å²) in [4.78, 5) is 8.14. The van der Waals surface area contributed by atoms with E-state index in [9.17, 15) is 0 Å². The number of rotatable bonds is 2. The van der Waals surface area contributed by atoms with Gasteiger partial charge in [-0.3, -0.25) is 0 Å². The van der Waals surface area contributed by atoms with Crippen LogP contribution in [0.25, 0.3) is 0 Å². The summed E-state index contributed by atoms with van der Waals surface area (Å²) in [6.45, 7) is 1.88. The van der Waals surface area contributed by atoms with Gasteiger partial charge in [-0.1, -0.05) is 0 Å². The van der Waals surface area contributed by atoms with Gasteiger partial charge in [-0.2, -0.15) is 4.98 Å². The first-order valence-electron chi connectivity index (χ1n) is 4.88. The normalized spacial score (nSPS) is 10.3. The molecule has 3 N–H and O–H groups in total. The predicted octanol–water partition coefficient (Wildman–Crippen LogP) is 3.48.